The lowest BCUT2D eigenvalue weighted by Gasteiger charge is -2.50. The maximum atomic E-state index is 15.0. The topological polar surface area (TPSA) is 75.6 Å². The molecule has 5 aromatic rings. The summed E-state index contributed by atoms with van der Waals surface area (Å²) in [5.41, 5.74) is 1.79. The Balaban J connectivity index is 1.33. The zero-order valence-corrected chi connectivity index (χ0v) is 29.5. The van der Waals surface area contributed by atoms with Crippen LogP contribution in [0.5, 0.6) is 5.75 Å². The lowest BCUT2D eigenvalue weighted by molar-refractivity contribution is -0.353. The van der Waals surface area contributed by atoms with Gasteiger partial charge in [-0.25, -0.2) is 4.39 Å². The number of aliphatic hydroxyl groups is 1. The van der Waals surface area contributed by atoms with Gasteiger partial charge in [-0.1, -0.05) is 115 Å². The summed E-state index contributed by atoms with van der Waals surface area (Å²) in [4.78, 5) is 0. The minimum Gasteiger partial charge on any atom is -0.491 e. The monoisotopic (exact) mass is 726 g/mol. The summed E-state index contributed by atoms with van der Waals surface area (Å²) in [5.74, 6) is -2.39. The minimum atomic E-state index is -2.26. The second-order valence-electron chi connectivity index (χ2n) is 12.9. The Morgan fingerprint density at radius 2 is 1.37 bits per heavy atom. The lowest BCUT2D eigenvalue weighted by atomic mass is 9.83. The van der Waals surface area contributed by atoms with Crippen molar-refractivity contribution in [3.63, 3.8) is 0 Å². The van der Waals surface area contributed by atoms with E-state index < -0.39 is 48.5 Å². The molecule has 7 nitrogen and oxygen atoms in total. The van der Waals surface area contributed by atoms with E-state index in [1.807, 2.05) is 91.0 Å². The number of hydrogen-bond acceptors (Lipinski definition) is 7. The Bertz CT molecular complexity index is 2010. The molecule has 52 heavy (non-hydrogen) atoms. The second-order valence-corrected chi connectivity index (χ2v) is 13.3. The Morgan fingerprint density at radius 3 is 1.94 bits per heavy atom. The highest BCUT2D eigenvalue weighted by molar-refractivity contribution is 6.31. The molecule has 270 valence electrons. The molecule has 2 bridgehead atoms. The molecule has 0 aromatic heterocycles. The van der Waals surface area contributed by atoms with Gasteiger partial charge in [-0.3, -0.25) is 0 Å². The molecule has 7 rings (SSSR count). The molecule has 0 spiro atoms. The van der Waals surface area contributed by atoms with Crippen LogP contribution in [0.3, 0.4) is 0 Å². The van der Waals surface area contributed by atoms with Crippen molar-refractivity contribution in [3.8, 4) is 5.75 Å². The molecular formula is C43H42ClFO7. The van der Waals surface area contributed by atoms with Crippen LogP contribution in [-0.4, -0.2) is 48.8 Å². The number of ether oxygens (including phenoxy) is 6. The summed E-state index contributed by atoms with van der Waals surface area (Å²) in [5, 5.41) is 11.3. The normalized spacial score (nSPS) is 24.7. The molecule has 1 N–H and O–H groups in total. The molecular weight excluding hydrogens is 683 g/mol. The van der Waals surface area contributed by atoms with E-state index in [1.54, 1.807) is 25.1 Å². The van der Waals surface area contributed by atoms with Gasteiger partial charge in [0.2, 0.25) is 5.79 Å². The molecule has 0 saturated carbocycles. The largest absolute Gasteiger partial charge is 0.491 e. The van der Waals surface area contributed by atoms with Crippen LogP contribution in [-0.2, 0) is 55.7 Å². The van der Waals surface area contributed by atoms with E-state index in [0.29, 0.717) is 5.56 Å². The fourth-order valence-corrected chi connectivity index (χ4v) is 6.94. The first-order valence-corrected chi connectivity index (χ1v) is 17.7. The van der Waals surface area contributed by atoms with Crippen LogP contribution in [0.4, 0.5) is 4.39 Å². The maximum Gasteiger partial charge on any atom is 0.225 e. The molecule has 2 aliphatic heterocycles. The average molecular weight is 727 g/mol. The number of benzene rings is 5. The van der Waals surface area contributed by atoms with Gasteiger partial charge in [0, 0.05) is 13.3 Å². The van der Waals surface area contributed by atoms with Crippen molar-refractivity contribution in [2.75, 3.05) is 19.8 Å². The van der Waals surface area contributed by atoms with Gasteiger partial charge >= 0.3 is 0 Å². The van der Waals surface area contributed by atoms with Crippen molar-refractivity contribution in [2.45, 2.75) is 62.8 Å². The summed E-state index contributed by atoms with van der Waals surface area (Å²) in [7, 11) is 0. The van der Waals surface area contributed by atoms with E-state index >= 15 is 4.39 Å². The van der Waals surface area contributed by atoms with Crippen LogP contribution in [0.1, 0.15) is 43.0 Å². The van der Waals surface area contributed by atoms with Gasteiger partial charge < -0.3 is 33.5 Å². The van der Waals surface area contributed by atoms with Gasteiger partial charge in [0.25, 0.3) is 0 Å². The Hall–Kier alpha value is -4.12. The van der Waals surface area contributed by atoms with Crippen molar-refractivity contribution in [1.82, 2.24) is 0 Å². The van der Waals surface area contributed by atoms with E-state index in [0.717, 1.165) is 22.8 Å². The fraction of sp³-hybridized carbons (Fsp3) is 0.302. The summed E-state index contributed by atoms with van der Waals surface area (Å²) in [6.07, 6.45) is -5.00. The third-order valence-corrected chi connectivity index (χ3v) is 9.68. The number of aliphatic hydroxyl groups excluding tert-OH is 1. The van der Waals surface area contributed by atoms with Crippen LogP contribution < -0.4 is 4.74 Å². The Labute approximate surface area is 311 Å². The number of halogens is 2. The number of rotatable bonds is 15. The fourth-order valence-electron chi connectivity index (χ4n) is 6.78. The number of hydrogen-bond donors (Lipinski definition) is 1. The SMILES string of the molecule is [2H]C([2H])(c1ccc(OCC)c(F)c1)c1cc(C23OC[C@@](CO)(O2)[C@@H](OCc2ccccc2)[C@H](OCc2ccccc2)[C@H]3OCc2ccccc2)ccc1Cl. The quantitative estimate of drug-likeness (QED) is 0.117. The molecule has 2 aliphatic rings. The first-order chi connectivity index (χ1) is 26.2. The maximum absolute atomic E-state index is 15.0. The molecule has 2 saturated heterocycles. The smallest absolute Gasteiger partial charge is 0.225 e. The molecule has 0 amide bonds. The molecule has 2 fully saturated rings. The zero-order chi connectivity index (χ0) is 37.8. The summed E-state index contributed by atoms with van der Waals surface area (Å²) >= 11 is 6.73. The van der Waals surface area contributed by atoms with Gasteiger partial charge in [-0.05, 0) is 65.4 Å². The molecule has 0 radical (unpaired) electrons. The van der Waals surface area contributed by atoms with Crippen LogP contribution in [0.15, 0.2) is 127 Å². The molecule has 1 unspecified atom stereocenters. The van der Waals surface area contributed by atoms with Gasteiger partial charge in [0.15, 0.2) is 11.6 Å². The Morgan fingerprint density at radius 1 is 0.769 bits per heavy atom. The van der Waals surface area contributed by atoms with Crippen molar-refractivity contribution in [2.24, 2.45) is 0 Å². The standard InChI is InChI=1S/C43H42ClFO7/c1-2-47-38-21-18-33(23-37(38)45)22-34-24-35(19-20-36(34)44)43-41(50-27-32-16-10-5-11-17-32)39(48-25-30-12-6-3-7-13-30)40(42(28-46,52-43)29-51-43)49-26-31-14-8-4-9-15-31/h3-21,23-24,39-41,46H,2,22,25-29H2,1H3/t39-,40-,41+,42+,43?/m0/s1/i22D2. The van der Waals surface area contributed by atoms with Gasteiger partial charge in [-0.15, -0.1) is 0 Å². The summed E-state index contributed by atoms with van der Waals surface area (Å²) < 4.78 is 72.7. The molecule has 0 aliphatic carbocycles. The van der Waals surface area contributed by atoms with E-state index in [-0.39, 0.29) is 54.9 Å². The van der Waals surface area contributed by atoms with Gasteiger partial charge in [-0.2, -0.15) is 0 Å². The van der Waals surface area contributed by atoms with E-state index in [1.165, 1.54) is 12.1 Å². The van der Waals surface area contributed by atoms with E-state index in [9.17, 15) is 7.85 Å². The van der Waals surface area contributed by atoms with Gasteiger partial charge in [0.05, 0.1) is 39.6 Å². The minimum absolute atomic E-state index is 0.0232. The molecule has 9 heteroatoms. The number of fused-ring (bicyclic) bond motifs is 2. The third kappa shape index (κ3) is 7.65. The van der Waals surface area contributed by atoms with Crippen molar-refractivity contribution >= 4 is 11.6 Å². The van der Waals surface area contributed by atoms with E-state index in [2.05, 4.69) is 0 Å². The highest BCUT2D eigenvalue weighted by atomic mass is 35.5. The van der Waals surface area contributed by atoms with Crippen molar-refractivity contribution in [3.05, 3.63) is 172 Å². The van der Waals surface area contributed by atoms with Crippen LogP contribution >= 0.6 is 11.6 Å². The first-order valence-electron chi connectivity index (χ1n) is 18.3. The van der Waals surface area contributed by atoms with E-state index in [4.69, 9.17) is 40.0 Å². The summed E-state index contributed by atoms with van der Waals surface area (Å²) in [6.45, 7) is 1.98. The van der Waals surface area contributed by atoms with Crippen molar-refractivity contribution < 1.29 is 40.7 Å². The third-order valence-electron chi connectivity index (χ3n) is 9.35. The molecule has 5 atom stereocenters. The Kier molecular flexibility index (Phi) is 10.5. The predicted molar refractivity (Wildman–Crippen MR) is 195 cm³/mol. The first kappa shape index (κ1) is 33.7. The lowest BCUT2D eigenvalue weighted by Crippen LogP contribution is -2.67. The second kappa shape index (κ2) is 16.3. The molecule has 5 aromatic carbocycles. The van der Waals surface area contributed by atoms with Crippen LogP contribution in [0, 0.1) is 5.82 Å². The van der Waals surface area contributed by atoms with Crippen LogP contribution in [0.25, 0.3) is 0 Å². The summed E-state index contributed by atoms with van der Waals surface area (Å²) in [6, 6.07) is 37.8. The van der Waals surface area contributed by atoms with Crippen molar-refractivity contribution in [1.29, 1.82) is 0 Å². The predicted octanol–water partition coefficient (Wildman–Crippen LogP) is 8.17. The van der Waals surface area contributed by atoms with Crippen LogP contribution in [0.2, 0.25) is 5.02 Å². The highest BCUT2D eigenvalue weighted by Crippen LogP contribution is 2.53. The van der Waals surface area contributed by atoms with Gasteiger partial charge in [0.1, 0.15) is 23.9 Å². The average Bonchev–Trinajstić information content (AvgIpc) is 3.56. The molecule has 2 heterocycles. The highest BCUT2D eigenvalue weighted by Gasteiger charge is 2.69. The zero-order valence-electron chi connectivity index (χ0n) is 30.8.